The highest BCUT2D eigenvalue weighted by Gasteiger charge is 2.18. The van der Waals surface area contributed by atoms with E-state index in [4.69, 9.17) is 4.42 Å². The minimum absolute atomic E-state index is 0.902. The number of benzene rings is 10. The van der Waals surface area contributed by atoms with Crippen LogP contribution in [-0.4, -0.2) is 0 Å². The number of hydrogen-bond acceptors (Lipinski definition) is 2. The standard InChI is InChI=1S/C52H33NO/c1-2-10-34(11-3-1)39-13-8-14-41(32-39)53(42-29-24-37-26-31-50-52(48(37)33-42)47-16-6-7-19-49(47)54-50)40-27-22-36(23-28-40)43-17-9-18-46-45(43)30-25-38-21-20-35-12-4-5-15-44(35)51(38)46/h1-33H. The first-order valence-electron chi connectivity index (χ1n) is 18.5. The maximum atomic E-state index is 6.31. The Morgan fingerprint density at radius 1 is 0.296 bits per heavy atom. The Hall–Kier alpha value is -7.16. The first kappa shape index (κ1) is 30.5. The van der Waals surface area contributed by atoms with Crippen molar-refractivity contribution in [2.45, 2.75) is 0 Å². The highest BCUT2D eigenvalue weighted by molar-refractivity contribution is 6.22. The monoisotopic (exact) mass is 687 g/mol. The van der Waals surface area contributed by atoms with Gasteiger partial charge in [0.1, 0.15) is 11.2 Å². The maximum Gasteiger partial charge on any atom is 0.136 e. The van der Waals surface area contributed by atoms with Crippen molar-refractivity contribution in [1.29, 1.82) is 0 Å². The smallest absolute Gasteiger partial charge is 0.136 e. The van der Waals surface area contributed by atoms with Crippen molar-refractivity contribution in [1.82, 2.24) is 0 Å². The fraction of sp³-hybridized carbons (Fsp3) is 0. The molecule has 252 valence electrons. The van der Waals surface area contributed by atoms with Crippen LogP contribution in [0.1, 0.15) is 0 Å². The van der Waals surface area contributed by atoms with E-state index in [1.54, 1.807) is 0 Å². The maximum absolute atomic E-state index is 6.31. The molecule has 0 bridgehead atoms. The average molecular weight is 688 g/mol. The summed E-state index contributed by atoms with van der Waals surface area (Å²) < 4.78 is 6.31. The minimum atomic E-state index is 0.902. The molecule has 0 amide bonds. The molecule has 11 aromatic rings. The van der Waals surface area contributed by atoms with Crippen molar-refractivity contribution >= 4 is 82.1 Å². The lowest BCUT2D eigenvalue weighted by molar-refractivity contribution is 0.669. The molecule has 0 saturated carbocycles. The van der Waals surface area contributed by atoms with Gasteiger partial charge >= 0.3 is 0 Å². The van der Waals surface area contributed by atoms with Gasteiger partial charge in [0.05, 0.1) is 0 Å². The van der Waals surface area contributed by atoms with E-state index in [9.17, 15) is 0 Å². The van der Waals surface area contributed by atoms with E-state index < -0.39 is 0 Å². The van der Waals surface area contributed by atoms with Gasteiger partial charge in [-0.25, -0.2) is 0 Å². The van der Waals surface area contributed by atoms with E-state index in [-0.39, 0.29) is 0 Å². The summed E-state index contributed by atoms with van der Waals surface area (Å²) >= 11 is 0. The van der Waals surface area contributed by atoms with E-state index in [1.165, 1.54) is 65.3 Å². The third-order valence-electron chi connectivity index (χ3n) is 11.0. The zero-order chi connectivity index (χ0) is 35.6. The lowest BCUT2D eigenvalue weighted by atomic mass is 9.92. The second-order valence-electron chi connectivity index (χ2n) is 14.1. The molecule has 0 aliphatic heterocycles. The van der Waals surface area contributed by atoms with Crippen LogP contribution in [0.2, 0.25) is 0 Å². The van der Waals surface area contributed by atoms with Crippen LogP contribution in [0.3, 0.4) is 0 Å². The van der Waals surface area contributed by atoms with Crippen molar-refractivity contribution in [3.05, 3.63) is 200 Å². The number of fused-ring (bicyclic) bond motifs is 10. The van der Waals surface area contributed by atoms with Crippen molar-refractivity contribution in [2.24, 2.45) is 0 Å². The molecule has 0 aliphatic rings. The molecule has 10 aromatic carbocycles. The molecule has 11 rings (SSSR count). The number of furan rings is 1. The summed E-state index contributed by atoms with van der Waals surface area (Å²) in [7, 11) is 0. The molecule has 0 radical (unpaired) electrons. The van der Waals surface area contributed by atoms with Crippen molar-refractivity contribution < 1.29 is 4.42 Å². The second kappa shape index (κ2) is 12.2. The molecule has 0 spiro atoms. The van der Waals surface area contributed by atoms with Gasteiger partial charge < -0.3 is 9.32 Å². The van der Waals surface area contributed by atoms with E-state index in [0.717, 1.165) is 39.0 Å². The minimum Gasteiger partial charge on any atom is -0.456 e. The van der Waals surface area contributed by atoms with Crippen LogP contribution in [0.4, 0.5) is 17.1 Å². The summed E-state index contributed by atoms with van der Waals surface area (Å²) in [6, 6.07) is 72.3. The number of rotatable bonds is 5. The predicted octanol–water partition coefficient (Wildman–Crippen LogP) is 15.0. The second-order valence-corrected chi connectivity index (χ2v) is 14.1. The van der Waals surface area contributed by atoms with Crippen molar-refractivity contribution in [3.8, 4) is 22.3 Å². The Morgan fingerprint density at radius 2 is 0.944 bits per heavy atom. The van der Waals surface area contributed by atoms with Gasteiger partial charge in [0.15, 0.2) is 0 Å². The highest BCUT2D eigenvalue weighted by Crippen LogP contribution is 2.42. The molecule has 0 fully saturated rings. The SMILES string of the molecule is c1ccc(-c2cccc(N(c3ccc(-c4cccc5c4ccc4ccc6ccccc6c45)cc3)c3ccc4ccc5oc6ccccc6c5c4c3)c2)cc1. The Labute approximate surface area is 312 Å². The van der Waals surface area contributed by atoms with Crippen LogP contribution in [-0.2, 0) is 0 Å². The zero-order valence-corrected chi connectivity index (χ0v) is 29.4. The largest absolute Gasteiger partial charge is 0.456 e. The Morgan fingerprint density at radius 3 is 1.85 bits per heavy atom. The van der Waals surface area contributed by atoms with Gasteiger partial charge in [-0.1, -0.05) is 152 Å². The molecule has 1 aromatic heterocycles. The fourth-order valence-electron chi connectivity index (χ4n) is 8.48. The molecule has 0 N–H and O–H groups in total. The van der Waals surface area contributed by atoms with Crippen LogP contribution in [0.15, 0.2) is 205 Å². The Kier molecular flexibility index (Phi) is 6.90. The van der Waals surface area contributed by atoms with Gasteiger partial charge in [-0.3, -0.25) is 0 Å². The molecule has 2 heteroatoms. The van der Waals surface area contributed by atoms with E-state index in [2.05, 4.69) is 199 Å². The first-order chi connectivity index (χ1) is 26.8. The molecule has 0 saturated heterocycles. The zero-order valence-electron chi connectivity index (χ0n) is 29.4. The molecular formula is C52H33NO. The van der Waals surface area contributed by atoms with E-state index >= 15 is 0 Å². The Balaban J connectivity index is 1.08. The Bertz CT molecular complexity index is 3210. The van der Waals surface area contributed by atoms with Crippen LogP contribution in [0, 0.1) is 0 Å². The summed E-state index contributed by atoms with van der Waals surface area (Å²) in [5.41, 5.74) is 9.85. The van der Waals surface area contributed by atoms with Gasteiger partial charge in [-0.05, 0) is 114 Å². The summed E-state index contributed by atoms with van der Waals surface area (Å²) in [5, 5.41) is 12.3. The lowest BCUT2D eigenvalue weighted by Gasteiger charge is -2.27. The molecular weight excluding hydrogens is 655 g/mol. The molecule has 1 heterocycles. The highest BCUT2D eigenvalue weighted by atomic mass is 16.3. The van der Waals surface area contributed by atoms with Crippen LogP contribution in [0.25, 0.3) is 87.3 Å². The topological polar surface area (TPSA) is 16.4 Å². The lowest BCUT2D eigenvalue weighted by Crippen LogP contribution is -2.10. The molecule has 0 unspecified atom stereocenters. The number of hydrogen-bond donors (Lipinski definition) is 0. The van der Waals surface area contributed by atoms with Gasteiger partial charge in [0.2, 0.25) is 0 Å². The van der Waals surface area contributed by atoms with Gasteiger partial charge in [0, 0.05) is 27.8 Å². The van der Waals surface area contributed by atoms with Gasteiger partial charge in [0.25, 0.3) is 0 Å². The normalized spacial score (nSPS) is 11.7. The third-order valence-corrected chi connectivity index (χ3v) is 11.0. The van der Waals surface area contributed by atoms with Crippen LogP contribution >= 0.6 is 0 Å². The molecule has 2 nitrogen and oxygen atoms in total. The van der Waals surface area contributed by atoms with Gasteiger partial charge in [-0.15, -0.1) is 0 Å². The van der Waals surface area contributed by atoms with Gasteiger partial charge in [-0.2, -0.15) is 0 Å². The van der Waals surface area contributed by atoms with E-state index in [0.29, 0.717) is 0 Å². The fourth-order valence-corrected chi connectivity index (χ4v) is 8.48. The first-order valence-corrected chi connectivity index (χ1v) is 18.5. The third kappa shape index (κ3) is 4.88. The average Bonchev–Trinajstić information content (AvgIpc) is 3.63. The van der Waals surface area contributed by atoms with Crippen LogP contribution in [0.5, 0.6) is 0 Å². The van der Waals surface area contributed by atoms with Crippen LogP contribution < -0.4 is 4.90 Å². The quantitative estimate of drug-likeness (QED) is 0.168. The molecule has 0 atom stereocenters. The van der Waals surface area contributed by atoms with Crippen molar-refractivity contribution in [2.75, 3.05) is 4.90 Å². The summed E-state index contributed by atoms with van der Waals surface area (Å²) in [4.78, 5) is 2.37. The summed E-state index contributed by atoms with van der Waals surface area (Å²) in [6.07, 6.45) is 0. The van der Waals surface area contributed by atoms with Crippen molar-refractivity contribution in [3.63, 3.8) is 0 Å². The molecule has 54 heavy (non-hydrogen) atoms. The summed E-state index contributed by atoms with van der Waals surface area (Å²) in [6.45, 7) is 0. The number of para-hydroxylation sites is 1. The van der Waals surface area contributed by atoms with E-state index in [1.807, 2.05) is 6.07 Å². The summed E-state index contributed by atoms with van der Waals surface area (Å²) in [5.74, 6) is 0. The number of anilines is 3. The predicted molar refractivity (Wildman–Crippen MR) is 229 cm³/mol. The molecule has 0 aliphatic carbocycles. The number of nitrogens with zero attached hydrogens (tertiary/aromatic N) is 1.